The van der Waals surface area contributed by atoms with Crippen LogP contribution in [0.25, 0.3) is 0 Å². The Kier molecular flexibility index (Phi) is 5.38. The Bertz CT molecular complexity index is 724. The third kappa shape index (κ3) is 3.23. The predicted octanol–water partition coefficient (Wildman–Crippen LogP) is 0.316. The molecule has 5 N–H and O–H groups in total. The van der Waals surface area contributed by atoms with Crippen molar-refractivity contribution in [1.29, 1.82) is 5.41 Å². The van der Waals surface area contributed by atoms with E-state index < -0.39 is 0 Å². The van der Waals surface area contributed by atoms with Gasteiger partial charge in [0.2, 0.25) is 0 Å². The van der Waals surface area contributed by atoms with Gasteiger partial charge in [0.05, 0.1) is 24.6 Å². The van der Waals surface area contributed by atoms with E-state index in [0.29, 0.717) is 37.6 Å². The topological polar surface area (TPSA) is 124 Å². The molecular formula is C17H24N6O3. The summed E-state index contributed by atoms with van der Waals surface area (Å²) in [5.74, 6) is -0.124. The van der Waals surface area contributed by atoms with Crippen LogP contribution in [-0.2, 0) is 4.79 Å². The minimum absolute atomic E-state index is 0.0141. The molecule has 9 nitrogen and oxygen atoms in total. The average molecular weight is 360 g/mol. The quantitative estimate of drug-likeness (QED) is 0.477. The molecule has 0 unspecified atom stereocenters. The third-order valence-electron chi connectivity index (χ3n) is 4.47. The number of nitrogens with zero attached hydrogens (tertiary/aromatic N) is 3. The molecule has 1 aromatic carbocycles. The number of benzene rings is 1. The first-order valence-electron chi connectivity index (χ1n) is 8.68. The van der Waals surface area contributed by atoms with Gasteiger partial charge in [-0.1, -0.05) is 0 Å². The molecule has 2 aliphatic heterocycles. The summed E-state index contributed by atoms with van der Waals surface area (Å²) in [4.78, 5) is 17.0. The maximum absolute atomic E-state index is 12.5. The summed E-state index contributed by atoms with van der Waals surface area (Å²) in [6.45, 7) is 3.89. The standard InChI is InChI=1S/C17H24N6O3/c1-11-12(19-5-9-24)3-4-13(14(11)20-6-10-25)21-15-16(18)22-7-2-8-23(22)17(15)26/h3-4,18-20,24-25H,2,5-10H2,1H3. The number of carbonyl (C=O) groups is 1. The van der Waals surface area contributed by atoms with E-state index >= 15 is 0 Å². The number of amidine groups is 1. The summed E-state index contributed by atoms with van der Waals surface area (Å²) in [6.07, 6.45) is 0.856. The highest BCUT2D eigenvalue weighted by atomic mass is 16.3. The lowest BCUT2D eigenvalue weighted by molar-refractivity contribution is -0.129. The molecule has 140 valence electrons. The van der Waals surface area contributed by atoms with Crippen LogP contribution >= 0.6 is 0 Å². The molecule has 2 saturated heterocycles. The number of aliphatic imine (C=N–C) groups is 1. The molecule has 2 fully saturated rings. The number of rotatable bonds is 7. The molecule has 0 saturated carbocycles. The van der Waals surface area contributed by atoms with E-state index in [-0.39, 0.29) is 30.7 Å². The van der Waals surface area contributed by atoms with Crippen LogP contribution < -0.4 is 10.6 Å². The van der Waals surface area contributed by atoms with Crippen molar-refractivity contribution in [2.75, 3.05) is 50.0 Å². The van der Waals surface area contributed by atoms with Crippen molar-refractivity contribution in [2.24, 2.45) is 4.99 Å². The van der Waals surface area contributed by atoms with Gasteiger partial charge in [-0.2, -0.15) is 0 Å². The van der Waals surface area contributed by atoms with E-state index in [0.717, 1.165) is 17.7 Å². The van der Waals surface area contributed by atoms with E-state index in [9.17, 15) is 4.79 Å². The second-order valence-electron chi connectivity index (χ2n) is 6.15. The first kappa shape index (κ1) is 18.2. The maximum atomic E-state index is 12.5. The van der Waals surface area contributed by atoms with Crippen LogP contribution in [0.15, 0.2) is 17.1 Å². The van der Waals surface area contributed by atoms with Crippen LogP contribution in [0.4, 0.5) is 17.1 Å². The minimum Gasteiger partial charge on any atom is -0.395 e. The largest absolute Gasteiger partial charge is 0.395 e. The summed E-state index contributed by atoms with van der Waals surface area (Å²) in [7, 11) is 0. The zero-order chi connectivity index (χ0) is 18.7. The van der Waals surface area contributed by atoms with Gasteiger partial charge >= 0.3 is 0 Å². The van der Waals surface area contributed by atoms with Gasteiger partial charge < -0.3 is 20.8 Å². The van der Waals surface area contributed by atoms with Crippen molar-refractivity contribution in [3.05, 3.63) is 17.7 Å². The van der Waals surface area contributed by atoms with Gasteiger partial charge in [-0.15, -0.1) is 0 Å². The van der Waals surface area contributed by atoms with E-state index in [1.165, 1.54) is 0 Å². The van der Waals surface area contributed by atoms with Gasteiger partial charge in [0.15, 0.2) is 11.5 Å². The van der Waals surface area contributed by atoms with Crippen LogP contribution in [-0.4, -0.2) is 77.1 Å². The fourth-order valence-corrected chi connectivity index (χ4v) is 3.20. The van der Waals surface area contributed by atoms with E-state index in [1.807, 2.05) is 13.0 Å². The highest BCUT2D eigenvalue weighted by Crippen LogP contribution is 2.34. The Morgan fingerprint density at radius 1 is 1.15 bits per heavy atom. The number of hydrogen-bond donors (Lipinski definition) is 5. The molecule has 26 heavy (non-hydrogen) atoms. The van der Waals surface area contributed by atoms with Crippen molar-refractivity contribution in [1.82, 2.24) is 10.0 Å². The molecule has 0 atom stereocenters. The molecule has 0 aromatic heterocycles. The van der Waals surface area contributed by atoms with Gasteiger partial charge in [-0.3, -0.25) is 15.2 Å². The number of carbonyl (C=O) groups excluding carboxylic acids is 1. The highest BCUT2D eigenvalue weighted by Gasteiger charge is 2.42. The molecular weight excluding hydrogens is 336 g/mol. The van der Waals surface area contributed by atoms with Crippen LogP contribution in [0.5, 0.6) is 0 Å². The SMILES string of the molecule is Cc1c(NCCO)ccc(N=C2C(=N)N3CCCN3C2=O)c1NCCO. The Hall–Kier alpha value is -2.65. The number of amides is 1. The van der Waals surface area contributed by atoms with Gasteiger partial charge in [0.25, 0.3) is 5.91 Å². The summed E-state index contributed by atoms with van der Waals surface area (Å²) in [6, 6.07) is 3.59. The molecule has 0 radical (unpaired) electrons. The lowest BCUT2D eigenvalue weighted by Gasteiger charge is -2.17. The molecule has 0 spiro atoms. The number of anilines is 2. The highest BCUT2D eigenvalue weighted by molar-refractivity contribution is 6.68. The first-order chi connectivity index (χ1) is 12.6. The summed E-state index contributed by atoms with van der Waals surface area (Å²) >= 11 is 0. The van der Waals surface area contributed by atoms with Gasteiger partial charge in [-0.25, -0.2) is 10.0 Å². The van der Waals surface area contributed by atoms with Crippen molar-refractivity contribution < 1.29 is 15.0 Å². The van der Waals surface area contributed by atoms with Crippen LogP contribution in [0.1, 0.15) is 12.0 Å². The molecule has 3 rings (SSSR count). The second-order valence-corrected chi connectivity index (χ2v) is 6.15. The van der Waals surface area contributed by atoms with Crippen molar-refractivity contribution in [3.63, 3.8) is 0 Å². The Labute approximate surface area is 151 Å². The minimum atomic E-state index is -0.249. The van der Waals surface area contributed by atoms with E-state index in [1.54, 1.807) is 16.1 Å². The molecule has 2 heterocycles. The van der Waals surface area contributed by atoms with Gasteiger partial charge in [-0.05, 0) is 31.0 Å². The van der Waals surface area contributed by atoms with Crippen LogP contribution in [0.3, 0.4) is 0 Å². The molecule has 1 amide bonds. The monoisotopic (exact) mass is 360 g/mol. The zero-order valence-corrected chi connectivity index (χ0v) is 14.7. The van der Waals surface area contributed by atoms with E-state index in [4.69, 9.17) is 15.6 Å². The van der Waals surface area contributed by atoms with Crippen molar-refractivity contribution in [2.45, 2.75) is 13.3 Å². The molecule has 9 heteroatoms. The lowest BCUT2D eigenvalue weighted by atomic mass is 10.1. The van der Waals surface area contributed by atoms with Gasteiger partial charge in [0.1, 0.15) is 0 Å². The fourth-order valence-electron chi connectivity index (χ4n) is 3.20. The summed E-state index contributed by atoms with van der Waals surface area (Å²) in [5.41, 5.74) is 3.07. The summed E-state index contributed by atoms with van der Waals surface area (Å²) in [5, 5.41) is 35.9. The fraction of sp³-hybridized carbons (Fsp3) is 0.471. The molecule has 0 bridgehead atoms. The average Bonchev–Trinajstić information content (AvgIpc) is 3.20. The number of nitrogens with one attached hydrogen (secondary N) is 3. The normalized spacial score (nSPS) is 18.0. The Balaban J connectivity index is 1.97. The second kappa shape index (κ2) is 7.71. The molecule has 2 aliphatic rings. The van der Waals surface area contributed by atoms with Crippen molar-refractivity contribution >= 4 is 34.5 Å². The smallest absolute Gasteiger partial charge is 0.294 e. The lowest BCUT2D eigenvalue weighted by Crippen LogP contribution is -2.33. The molecule has 0 aliphatic carbocycles. The zero-order valence-electron chi connectivity index (χ0n) is 14.7. The maximum Gasteiger partial charge on any atom is 0.294 e. The number of aliphatic hydroxyl groups is 2. The third-order valence-corrected chi connectivity index (χ3v) is 4.47. The predicted molar refractivity (Wildman–Crippen MR) is 100 cm³/mol. The van der Waals surface area contributed by atoms with Crippen LogP contribution in [0.2, 0.25) is 0 Å². The Morgan fingerprint density at radius 3 is 2.54 bits per heavy atom. The molecule has 1 aromatic rings. The number of aliphatic hydroxyl groups excluding tert-OH is 2. The number of fused-ring (bicyclic) bond motifs is 1. The van der Waals surface area contributed by atoms with Crippen LogP contribution in [0, 0.1) is 12.3 Å². The van der Waals surface area contributed by atoms with E-state index in [2.05, 4.69) is 15.6 Å². The first-order valence-corrected chi connectivity index (χ1v) is 8.68. The summed E-state index contributed by atoms with van der Waals surface area (Å²) < 4.78 is 0. The number of hydrogen-bond acceptors (Lipinski definition) is 7. The van der Waals surface area contributed by atoms with Crippen molar-refractivity contribution in [3.8, 4) is 0 Å². The van der Waals surface area contributed by atoms with Gasteiger partial charge in [0, 0.05) is 31.9 Å². The number of hydrazine groups is 1. The Morgan fingerprint density at radius 2 is 1.85 bits per heavy atom.